The Morgan fingerprint density at radius 1 is 1.15 bits per heavy atom. The molecular formula is C18H34N4O4. The van der Waals surface area contributed by atoms with Crippen LogP contribution in [-0.2, 0) is 9.59 Å². The van der Waals surface area contributed by atoms with Gasteiger partial charge in [0.25, 0.3) is 0 Å². The van der Waals surface area contributed by atoms with E-state index in [1.165, 1.54) is 6.08 Å². The van der Waals surface area contributed by atoms with Gasteiger partial charge in [0.2, 0.25) is 5.91 Å². The quantitative estimate of drug-likeness (QED) is 0.115. The molecule has 0 aliphatic rings. The molecule has 0 aliphatic heterocycles. The number of aliphatic carboxylic acids is 1. The molecule has 0 spiro atoms. The van der Waals surface area contributed by atoms with Gasteiger partial charge in [-0.25, -0.2) is 4.79 Å². The maximum Gasteiger partial charge on any atom is 0.326 e. The number of guanidine groups is 1. The zero-order valence-electron chi connectivity index (χ0n) is 16.0. The van der Waals surface area contributed by atoms with Crippen LogP contribution in [0.2, 0.25) is 0 Å². The molecule has 0 radical (unpaired) electrons. The predicted octanol–water partition coefficient (Wildman–Crippen LogP) is 1.30. The molecule has 8 nitrogen and oxygen atoms in total. The van der Waals surface area contributed by atoms with Crippen LogP contribution in [0.25, 0.3) is 0 Å². The average molecular weight is 370 g/mol. The number of amides is 1. The lowest BCUT2D eigenvalue weighted by molar-refractivity contribution is -0.141. The normalized spacial score (nSPS) is 12.9. The van der Waals surface area contributed by atoms with Crippen LogP contribution in [-0.4, -0.2) is 46.7 Å². The van der Waals surface area contributed by atoms with Gasteiger partial charge >= 0.3 is 5.97 Å². The maximum absolute atomic E-state index is 11.7. The molecule has 0 saturated carbocycles. The van der Waals surface area contributed by atoms with Crippen LogP contribution in [0.4, 0.5) is 0 Å². The summed E-state index contributed by atoms with van der Waals surface area (Å²) in [5.74, 6) is -1.62. The number of aliphatic imine (C=N–C) groups is 1. The molecule has 0 fully saturated rings. The number of aliphatic hydroxyl groups excluding tert-OH is 1. The van der Waals surface area contributed by atoms with Gasteiger partial charge in [0, 0.05) is 12.6 Å². The average Bonchev–Trinajstić information content (AvgIpc) is 2.57. The Kier molecular flexibility index (Phi) is 17.4. The highest BCUT2D eigenvalue weighted by Crippen LogP contribution is 2.01. The first kappa shape index (κ1) is 25.9. The van der Waals surface area contributed by atoms with Gasteiger partial charge < -0.3 is 27.0 Å². The first-order valence-corrected chi connectivity index (χ1v) is 8.93. The van der Waals surface area contributed by atoms with Gasteiger partial charge in [-0.15, -0.1) is 0 Å². The molecule has 0 rings (SSSR count). The zero-order valence-corrected chi connectivity index (χ0v) is 16.0. The summed E-state index contributed by atoms with van der Waals surface area (Å²) in [5, 5.41) is 20.6. The van der Waals surface area contributed by atoms with E-state index in [0.29, 0.717) is 13.0 Å². The molecule has 0 saturated heterocycles. The van der Waals surface area contributed by atoms with E-state index in [1.54, 1.807) is 19.1 Å². The fraction of sp³-hybridized carbons (Fsp3) is 0.611. The second kappa shape index (κ2) is 17.5. The van der Waals surface area contributed by atoms with Gasteiger partial charge in [-0.2, -0.15) is 0 Å². The molecule has 0 aliphatic carbocycles. The van der Waals surface area contributed by atoms with E-state index in [-0.39, 0.29) is 18.5 Å². The molecule has 0 unspecified atom stereocenters. The number of hydrogen-bond acceptors (Lipinski definition) is 4. The highest BCUT2D eigenvalue weighted by Gasteiger charge is 2.17. The summed E-state index contributed by atoms with van der Waals surface area (Å²) in [6.07, 6.45) is 9.21. The van der Waals surface area contributed by atoms with Crippen LogP contribution < -0.4 is 16.8 Å². The lowest BCUT2D eigenvalue weighted by Gasteiger charge is -2.12. The number of carbonyl (C=O) groups excluding carboxylic acids is 1. The van der Waals surface area contributed by atoms with Crippen molar-refractivity contribution >= 4 is 17.8 Å². The molecule has 0 bridgehead atoms. The number of carbonyl (C=O) groups is 2. The van der Waals surface area contributed by atoms with Crippen LogP contribution in [0.3, 0.4) is 0 Å². The number of unbranched alkanes of at least 4 members (excludes halogenated alkanes) is 1. The smallest absolute Gasteiger partial charge is 0.326 e. The van der Waals surface area contributed by atoms with E-state index in [4.69, 9.17) is 21.7 Å². The summed E-state index contributed by atoms with van der Waals surface area (Å²) in [4.78, 5) is 26.5. The molecular weight excluding hydrogens is 336 g/mol. The first-order valence-electron chi connectivity index (χ1n) is 8.93. The second-order valence-electron chi connectivity index (χ2n) is 5.42. The van der Waals surface area contributed by atoms with Crippen molar-refractivity contribution < 1.29 is 19.8 Å². The summed E-state index contributed by atoms with van der Waals surface area (Å²) < 4.78 is 0. The number of allylic oxidation sites excluding steroid dienone is 3. The van der Waals surface area contributed by atoms with Crippen molar-refractivity contribution in [3.05, 3.63) is 24.3 Å². The summed E-state index contributed by atoms with van der Waals surface area (Å²) >= 11 is 0. The van der Waals surface area contributed by atoms with E-state index >= 15 is 0 Å². The number of carboxylic acid groups (broad SMARTS) is 1. The molecule has 150 valence electrons. The molecule has 0 aromatic rings. The van der Waals surface area contributed by atoms with Crippen LogP contribution in [0.5, 0.6) is 0 Å². The Bertz CT molecular complexity index is 470. The third-order valence-corrected chi connectivity index (χ3v) is 3.05. The van der Waals surface area contributed by atoms with Gasteiger partial charge in [-0.05, 0) is 39.0 Å². The highest BCUT2D eigenvalue weighted by atomic mass is 16.4. The minimum Gasteiger partial charge on any atom is -0.480 e. The third-order valence-electron chi connectivity index (χ3n) is 3.05. The van der Waals surface area contributed by atoms with Gasteiger partial charge in [0.05, 0.1) is 6.10 Å². The standard InChI is InChI=1S/C16H28N4O4.C2H6/c1-12(21)8-5-3-2-4-6-10-14(22)20-13(15(23)24)9-7-11-19-16(17)18;1-2/h2,4,6,10,12-13,21H,3,5,7-9,11H2,1H3,(H,20,22)(H,23,24)(H4,17,18,19);1-2H3/b4-2+,10-6+;/t12-,13-;/m0./s1. The number of nitrogens with two attached hydrogens (primary N) is 2. The van der Waals surface area contributed by atoms with Crippen molar-refractivity contribution in [3.63, 3.8) is 0 Å². The van der Waals surface area contributed by atoms with Crippen molar-refractivity contribution in [3.8, 4) is 0 Å². The topological polar surface area (TPSA) is 151 Å². The van der Waals surface area contributed by atoms with Crippen molar-refractivity contribution in [2.45, 2.75) is 65.0 Å². The second-order valence-corrected chi connectivity index (χ2v) is 5.42. The van der Waals surface area contributed by atoms with Gasteiger partial charge in [0.1, 0.15) is 6.04 Å². The zero-order chi connectivity index (χ0) is 20.4. The van der Waals surface area contributed by atoms with Gasteiger partial charge in [-0.3, -0.25) is 9.79 Å². The van der Waals surface area contributed by atoms with E-state index in [1.807, 2.05) is 19.9 Å². The molecule has 7 N–H and O–H groups in total. The first-order chi connectivity index (χ1) is 12.3. The molecule has 1 amide bonds. The van der Waals surface area contributed by atoms with Crippen LogP contribution in [0.1, 0.15) is 52.9 Å². The van der Waals surface area contributed by atoms with Crippen LogP contribution in [0.15, 0.2) is 29.3 Å². The van der Waals surface area contributed by atoms with Gasteiger partial charge in [0.15, 0.2) is 5.96 Å². The highest BCUT2D eigenvalue weighted by molar-refractivity contribution is 5.91. The van der Waals surface area contributed by atoms with Crippen molar-refractivity contribution in [2.75, 3.05) is 6.54 Å². The summed E-state index contributed by atoms with van der Waals surface area (Å²) in [6, 6.07) is -0.980. The number of nitrogens with one attached hydrogen (secondary N) is 1. The number of nitrogens with zero attached hydrogens (tertiary/aromatic N) is 1. The Morgan fingerprint density at radius 3 is 2.35 bits per heavy atom. The lowest BCUT2D eigenvalue weighted by atomic mass is 10.1. The van der Waals surface area contributed by atoms with E-state index in [2.05, 4.69) is 10.3 Å². The van der Waals surface area contributed by atoms with Crippen molar-refractivity contribution in [2.24, 2.45) is 16.5 Å². The number of rotatable bonds is 12. The number of hydrogen-bond donors (Lipinski definition) is 5. The lowest BCUT2D eigenvalue weighted by Crippen LogP contribution is -2.40. The molecule has 26 heavy (non-hydrogen) atoms. The van der Waals surface area contributed by atoms with Crippen molar-refractivity contribution in [1.29, 1.82) is 0 Å². The van der Waals surface area contributed by atoms with Crippen LogP contribution >= 0.6 is 0 Å². The van der Waals surface area contributed by atoms with Gasteiger partial charge in [-0.1, -0.05) is 32.1 Å². The Labute approximate surface area is 156 Å². The molecule has 8 heteroatoms. The largest absolute Gasteiger partial charge is 0.480 e. The fourth-order valence-electron chi connectivity index (χ4n) is 1.83. The van der Waals surface area contributed by atoms with Crippen molar-refractivity contribution in [1.82, 2.24) is 5.32 Å². The number of carboxylic acids is 1. The Morgan fingerprint density at radius 2 is 1.81 bits per heavy atom. The Hall–Kier alpha value is -2.35. The molecule has 0 aromatic carbocycles. The predicted molar refractivity (Wildman–Crippen MR) is 105 cm³/mol. The summed E-state index contributed by atoms with van der Waals surface area (Å²) in [6.45, 7) is 6.05. The third kappa shape index (κ3) is 18.0. The molecule has 0 aromatic heterocycles. The molecule has 0 heterocycles. The summed E-state index contributed by atoms with van der Waals surface area (Å²) in [7, 11) is 0. The Balaban J connectivity index is 0. The van der Waals surface area contributed by atoms with E-state index < -0.39 is 17.9 Å². The minimum atomic E-state index is -1.10. The minimum absolute atomic E-state index is 0.0472. The van der Waals surface area contributed by atoms with Crippen LogP contribution in [0, 0.1) is 0 Å². The monoisotopic (exact) mass is 370 g/mol. The van der Waals surface area contributed by atoms with E-state index in [9.17, 15) is 9.59 Å². The maximum atomic E-state index is 11.7. The van der Waals surface area contributed by atoms with E-state index in [0.717, 1.165) is 19.3 Å². The summed E-state index contributed by atoms with van der Waals surface area (Å²) in [5.41, 5.74) is 10.4. The molecule has 2 atom stereocenters. The SMILES string of the molecule is CC.C[C@H](O)CCC/C=C/C=C/C(=O)N[C@@H](CCCN=C(N)N)C(=O)O. The fourth-order valence-corrected chi connectivity index (χ4v) is 1.83. The number of aliphatic hydroxyl groups is 1.